The Kier molecular flexibility index (Phi) is 8.34. The van der Waals surface area contributed by atoms with E-state index in [2.05, 4.69) is 115 Å². The first-order valence-corrected chi connectivity index (χ1v) is 10.6. The molecule has 0 spiro atoms. The van der Waals surface area contributed by atoms with E-state index in [9.17, 15) is 0 Å². The van der Waals surface area contributed by atoms with E-state index in [1.807, 2.05) is 0 Å². The molecule has 0 saturated heterocycles. The van der Waals surface area contributed by atoms with E-state index in [0.717, 1.165) is 6.42 Å². The van der Waals surface area contributed by atoms with Crippen LogP contribution in [0.2, 0.25) is 0 Å². The Hall–Kier alpha value is -2.19. The van der Waals surface area contributed by atoms with Crippen LogP contribution in [-0.4, -0.2) is 0 Å². The maximum Gasteiger partial charge on any atom is 0.0211 e. The van der Waals surface area contributed by atoms with Crippen LogP contribution in [-0.2, 0) is 32.3 Å². The summed E-state index contributed by atoms with van der Waals surface area (Å²) in [6.45, 7) is 0. The molecule has 3 aliphatic carbocycles. The zero-order valence-corrected chi connectivity index (χ0v) is 23.1. The molecule has 162 valence electrons. The van der Waals surface area contributed by atoms with Gasteiger partial charge in [-0.3, -0.25) is 0 Å². The summed E-state index contributed by atoms with van der Waals surface area (Å²) in [5, 5.41) is 0. The first-order valence-electron chi connectivity index (χ1n) is 10.6. The van der Waals surface area contributed by atoms with Gasteiger partial charge >= 0.3 is 0 Å². The first-order chi connectivity index (χ1) is 14.9. The van der Waals surface area contributed by atoms with Gasteiger partial charge in [0.05, 0.1) is 0 Å². The molecular formula is C30H22Cl2Hf-2. The molecule has 0 N–H and O–H groups in total. The van der Waals surface area contributed by atoms with Crippen molar-refractivity contribution in [3.8, 4) is 11.1 Å². The Balaban J connectivity index is 0.00000102. The molecule has 3 heteroatoms. The fraction of sp³-hybridized carbons (Fsp3) is 0.0667. The van der Waals surface area contributed by atoms with Crippen LogP contribution in [0.25, 0.3) is 28.3 Å². The van der Waals surface area contributed by atoms with E-state index in [4.69, 9.17) is 0 Å². The van der Waals surface area contributed by atoms with E-state index in [1.54, 1.807) is 0 Å². The Morgan fingerprint density at radius 2 is 1.27 bits per heavy atom. The largest absolute Gasteiger partial charge is 1.00 e. The van der Waals surface area contributed by atoms with Crippen molar-refractivity contribution in [2.24, 2.45) is 5.92 Å². The summed E-state index contributed by atoms with van der Waals surface area (Å²) in [5.41, 5.74) is 12.1. The van der Waals surface area contributed by atoms with Crippen LogP contribution in [0.5, 0.6) is 0 Å². The smallest absolute Gasteiger partial charge is 0.0211 e. The number of allylic oxidation sites excluding steroid dienone is 9. The SMILES string of the molecule is C1=CC2=CC(c3ccccc3-c3ccccc3C3=Cc4ccccc4C3)=CC2C=C1.[Cl-].[Cl-].[Hf]. The van der Waals surface area contributed by atoms with Gasteiger partial charge in [-0.05, 0) is 56.5 Å². The Labute approximate surface area is 227 Å². The van der Waals surface area contributed by atoms with Gasteiger partial charge in [-0.2, -0.15) is 0 Å². The summed E-state index contributed by atoms with van der Waals surface area (Å²) in [4.78, 5) is 0. The number of fused-ring (bicyclic) bond motifs is 2. The summed E-state index contributed by atoms with van der Waals surface area (Å²) in [6, 6.07) is 26.4. The summed E-state index contributed by atoms with van der Waals surface area (Å²) in [6.07, 6.45) is 16.9. The van der Waals surface area contributed by atoms with E-state index in [0.29, 0.717) is 5.92 Å². The molecule has 33 heavy (non-hydrogen) atoms. The number of benzene rings is 3. The molecule has 0 aromatic heterocycles. The van der Waals surface area contributed by atoms with Crippen LogP contribution < -0.4 is 24.8 Å². The van der Waals surface area contributed by atoms with Gasteiger partial charge in [-0.25, -0.2) is 0 Å². The average Bonchev–Trinajstić information content (AvgIpc) is 3.43. The molecule has 3 aromatic rings. The van der Waals surface area contributed by atoms with Crippen molar-refractivity contribution in [2.45, 2.75) is 6.42 Å². The summed E-state index contributed by atoms with van der Waals surface area (Å²) >= 11 is 0. The van der Waals surface area contributed by atoms with Crippen LogP contribution in [0, 0.1) is 5.92 Å². The topological polar surface area (TPSA) is 0 Å². The third-order valence-corrected chi connectivity index (χ3v) is 6.35. The summed E-state index contributed by atoms with van der Waals surface area (Å²) < 4.78 is 0. The molecule has 0 amide bonds. The van der Waals surface area contributed by atoms with E-state index < -0.39 is 0 Å². The number of hydrogen-bond acceptors (Lipinski definition) is 0. The van der Waals surface area contributed by atoms with Gasteiger partial charge in [0.1, 0.15) is 0 Å². The second kappa shape index (κ2) is 10.8. The van der Waals surface area contributed by atoms with Crippen molar-refractivity contribution in [2.75, 3.05) is 0 Å². The maximum absolute atomic E-state index is 2.39. The standard InChI is InChI=1S/C30H22.2ClH.Hf/c1-2-10-22-18-25(17-21(22)9-1)27-13-5-7-15-29(27)30-16-8-6-14-28(30)26-19-23-11-3-4-12-24(23)20-26;;;/h1-19,21H,20H2;2*1H;/p-2. The summed E-state index contributed by atoms with van der Waals surface area (Å²) in [7, 11) is 0. The zero-order chi connectivity index (χ0) is 19.9. The van der Waals surface area contributed by atoms with Crippen molar-refractivity contribution < 1.29 is 50.7 Å². The van der Waals surface area contributed by atoms with E-state index >= 15 is 0 Å². The normalized spacial score (nSPS) is 16.8. The van der Waals surface area contributed by atoms with Crippen molar-refractivity contribution in [3.63, 3.8) is 0 Å². The molecule has 0 heterocycles. The van der Waals surface area contributed by atoms with Crippen molar-refractivity contribution in [1.82, 2.24) is 0 Å². The predicted molar refractivity (Wildman–Crippen MR) is 128 cm³/mol. The second-order valence-electron chi connectivity index (χ2n) is 8.17. The Bertz CT molecular complexity index is 1320. The predicted octanol–water partition coefficient (Wildman–Crippen LogP) is 1.52. The first kappa shape index (κ1) is 25.4. The van der Waals surface area contributed by atoms with Gasteiger partial charge in [0, 0.05) is 31.8 Å². The molecule has 3 aliphatic rings. The van der Waals surface area contributed by atoms with E-state index in [-0.39, 0.29) is 50.7 Å². The minimum Gasteiger partial charge on any atom is -1.00 e. The number of rotatable bonds is 3. The molecule has 0 bridgehead atoms. The molecule has 0 fully saturated rings. The van der Waals surface area contributed by atoms with Crippen LogP contribution in [0.1, 0.15) is 22.3 Å². The minimum atomic E-state index is 0. The van der Waals surface area contributed by atoms with Crippen LogP contribution in [0.15, 0.2) is 115 Å². The second-order valence-corrected chi connectivity index (χ2v) is 8.17. The molecule has 0 radical (unpaired) electrons. The molecule has 1 unspecified atom stereocenters. The van der Waals surface area contributed by atoms with Gasteiger partial charge in [0.15, 0.2) is 0 Å². The maximum atomic E-state index is 2.39. The molecule has 0 aliphatic heterocycles. The molecule has 0 saturated carbocycles. The van der Waals surface area contributed by atoms with Gasteiger partial charge in [0.25, 0.3) is 0 Å². The van der Waals surface area contributed by atoms with Gasteiger partial charge < -0.3 is 24.8 Å². The Morgan fingerprint density at radius 1 is 0.636 bits per heavy atom. The van der Waals surface area contributed by atoms with Crippen LogP contribution in [0.4, 0.5) is 0 Å². The fourth-order valence-corrected chi connectivity index (χ4v) is 4.88. The fourth-order valence-electron chi connectivity index (χ4n) is 4.88. The van der Waals surface area contributed by atoms with Gasteiger partial charge in [-0.1, -0.05) is 115 Å². The van der Waals surface area contributed by atoms with Gasteiger partial charge in [0.2, 0.25) is 0 Å². The Morgan fingerprint density at radius 3 is 2.00 bits per heavy atom. The molecule has 0 nitrogen and oxygen atoms in total. The molecule has 3 aromatic carbocycles. The van der Waals surface area contributed by atoms with Crippen molar-refractivity contribution in [3.05, 3.63) is 137 Å². The van der Waals surface area contributed by atoms with Gasteiger partial charge in [-0.15, -0.1) is 0 Å². The third-order valence-electron chi connectivity index (χ3n) is 6.35. The number of halogens is 2. The molecule has 6 rings (SSSR count). The quantitative estimate of drug-likeness (QED) is 0.385. The average molecular weight is 632 g/mol. The van der Waals surface area contributed by atoms with Crippen molar-refractivity contribution in [1.29, 1.82) is 0 Å². The van der Waals surface area contributed by atoms with Crippen LogP contribution in [0.3, 0.4) is 0 Å². The summed E-state index contributed by atoms with van der Waals surface area (Å²) in [5.74, 6) is 0.403. The molecule has 1 atom stereocenters. The number of hydrogen-bond donors (Lipinski definition) is 0. The zero-order valence-electron chi connectivity index (χ0n) is 18.0. The third kappa shape index (κ3) is 4.73. The van der Waals surface area contributed by atoms with Crippen LogP contribution >= 0.6 is 0 Å². The monoisotopic (exact) mass is 632 g/mol. The van der Waals surface area contributed by atoms with E-state index in [1.165, 1.54) is 50.1 Å². The van der Waals surface area contributed by atoms with Crippen molar-refractivity contribution >= 4 is 17.2 Å². The minimum absolute atomic E-state index is 0. The molecular weight excluding hydrogens is 610 g/mol.